The highest BCUT2D eigenvalue weighted by Gasteiger charge is 2.20. The van der Waals surface area contributed by atoms with Gasteiger partial charge < -0.3 is 10.2 Å². The lowest BCUT2D eigenvalue weighted by Crippen LogP contribution is -2.50. The quantitative estimate of drug-likeness (QED) is 0.664. The second-order valence-electron chi connectivity index (χ2n) is 4.38. The van der Waals surface area contributed by atoms with Crippen molar-refractivity contribution in [3.8, 4) is 0 Å². The first-order valence-corrected chi connectivity index (χ1v) is 5.92. The van der Waals surface area contributed by atoms with E-state index in [9.17, 15) is 4.79 Å². The molecule has 0 radical (unpaired) electrons. The molecule has 0 amide bonds. The minimum absolute atomic E-state index is 0.217. The fourth-order valence-corrected chi connectivity index (χ4v) is 2.08. The van der Waals surface area contributed by atoms with Crippen LogP contribution in [0, 0.1) is 0 Å². The van der Waals surface area contributed by atoms with Crippen molar-refractivity contribution < 1.29 is 15.0 Å². The lowest BCUT2D eigenvalue weighted by molar-refractivity contribution is -0.137. The number of rotatable bonds is 6. The summed E-state index contributed by atoms with van der Waals surface area (Å²) in [6, 6.07) is 0.340. The summed E-state index contributed by atoms with van der Waals surface area (Å²) in [5, 5.41) is 17.4. The highest BCUT2D eigenvalue weighted by molar-refractivity contribution is 5.66. The van der Waals surface area contributed by atoms with Crippen LogP contribution in [0.1, 0.15) is 19.8 Å². The Kier molecular flexibility index (Phi) is 5.73. The van der Waals surface area contributed by atoms with Crippen molar-refractivity contribution in [1.29, 1.82) is 0 Å². The van der Waals surface area contributed by atoms with Crippen LogP contribution in [0.5, 0.6) is 0 Å². The van der Waals surface area contributed by atoms with Gasteiger partial charge in [0.1, 0.15) is 0 Å². The lowest BCUT2D eigenvalue weighted by Gasteiger charge is -2.37. The average Bonchev–Trinajstić information content (AvgIpc) is 2.27. The third-order valence-electron chi connectivity index (χ3n) is 3.22. The van der Waals surface area contributed by atoms with Crippen molar-refractivity contribution in [3.05, 3.63) is 0 Å². The van der Waals surface area contributed by atoms with Crippen LogP contribution < -0.4 is 0 Å². The Morgan fingerprint density at radius 1 is 1.31 bits per heavy atom. The summed E-state index contributed by atoms with van der Waals surface area (Å²) in [4.78, 5) is 15.0. The molecule has 0 aromatic carbocycles. The summed E-state index contributed by atoms with van der Waals surface area (Å²) < 4.78 is 0. The van der Waals surface area contributed by atoms with Crippen LogP contribution in [0.3, 0.4) is 0 Å². The van der Waals surface area contributed by atoms with E-state index in [1.165, 1.54) is 0 Å². The summed E-state index contributed by atoms with van der Waals surface area (Å²) in [5.41, 5.74) is 0. The van der Waals surface area contributed by atoms with Gasteiger partial charge in [0.25, 0.3) is 0 Å². The molecule has 0 saturated carbocycles. The molecule has 1 aliphatic heterocycles. The largest absolute Gasteiger partial charge is 0.481 e. The van der Waals surface area contributed by atoms with Crippen LogP contribution >= 0.6 is 0 Å². The maximum absolute atomic E-state index is 10.5. The Morgan fingerprint density at radius 3 is 2.44 bits per heavy atom. The van der Waals surface area contributed by atoms with Gasteiger partial charge in [-0.3, -0.25) is 14.6 Å². The van der Waals surface area contributed by atoms with Gasteiger partial charge in [-0.15, -0.1) is 0 Å². The zero-order valence-electron chi connectivity index (χ0n) is 9.93. The van der Waals surface area contributed by atoms with E-state index >= 15 is 0 Å². The third kappa shape index (κ3) is 4.47. The van der Waals surface area contributed by atoms with Crippen LogP contribution in [0.15, 0.2) is 0 Å². The number of hydrogen-bond donors (Lipinski definition) is 2. The molecule has 0 aromatic rings. The molecular weight excluding hydrogens is 208 g/mol. The normalized spacial score (nSPS) is 20.9. The van der Waals surface area contributed by atoms with Crippen molar-refractivity contribution in [2.45, 2.75) is 25.8 Å². The van der Waals surface area contributed by atoms with Gasteiger partial charge in [0, 0.05) is 45.2 Å². The zero-order valence-corrected chi connectivity index (χ0v) is 9.93. The second-order valence-corrected chi connectivity index (χ2v) is 4.38. The Bertz CT molecular complexity index is 215. The summed E-state index contributed by atoms with van der Waals surface area (Å²) in [5.74, 6) is -0.717. The van der Waals surface area contributed by atoms with E-state index in [1.54, 1.807) is 0 Å². The summed E-state index contributed by atoms with van der Waals surface area (Å²) in [7, 11) is 0. The van der Waals surface area contributed by atoms with E-state index in [1.807, 2.05) is 0 Å². The molecule has 1 rings (SSSR count). The van der Waals surface area contributed by atoms with Crippen LogP contribution in [-0.2, 0) is 4.79 Å². The van der Waals surface area contributed by atoms with Crippen molar-refractivity contribution >= 4 is 5.97 Å². The van der Waals surface area contributed by atoms with E-state index < -0.39 is 5.97 Å². The molecule has 0 aliphatic carbocycles. The molecule has 1 atom stereocenters. The van der Waals surface area contributed by atoms with Gasteiger partial charge in [0.2, 0.25) is 0 Å². The van der Waals surface area contributed by atoms with Crippen molar-refractivity contribution in [3.63, 3.8) is 0 Å². The second kappa shape index (κ2) is 6.83. The van der Waals surface area contributed by atoms with E-state index in [-0.39, 0.29) is 13.0 Å². The molecule has 0 aromatic heterocycles. The standard InChI is InChI=1S/C11H22N2O3/c1-10(2-3-11(15)16)13-6-4-12(5-7-13)8-9-14/h10,14H,2-9H2,1H3,(H,15,16). The highest BCUT2D eigenvalue weighted by atomic mass is 16.4. The molecule has 0 bridgehead atoms. The first kappa shape index (κ1) is 13.4. The number of β-amino-alcohol motifs (C(OH)–C–C–N with tert-alkyl or cyclic N) is 1. The molecule has 16 heavy (non-hydrogen) atoms. The van der Waals surface area contributed by atoms with E-state index in [0.29, 0.717) is 6.04 Å². The number of aliphatic hydroxyl groups is 1. The van der Waals surface area contributed by atoms with Gasteiger partial charge in [0.05, 0.1) is 6.61 Å². The van der Waals surface area contributed by atoms with Crippen LogP contribution in [0.25, 0.3) is 0 Å². The summed E-state index contributed by atoms with van der Waals surface area (Å²) >= 11 is 0. The number of carboxylic acid groups (broad SMARTS) is 1. The minimum Gasteiger partial charge on any atom is -0.481 e. The van der Waals surface area contributed by atoms with Crippen LogP contribution in [-0.4, -0.2) is 71.4 Å². The van der Waals surface area contributed by atoms with Gasteiger partial charge in [-0.1, -0.05) is 0 Å². The average molecular weight is 230 g/mol. The Morgan fingerprint density at radius 2 is 1.94 bits per heavy atom. The van der Waals surface area contributed by atoms with Gasteiger partial charge >= 0.3 is 5.97 Å². The van der Waals surface area contributed by atoms with Crippen LogP contribution in [0.2, 0.25) is 0 Å². The van der Waals surface area contributed by atoms with E-state index in [4.69, 9.17) is 10.2 Å². The molecule has 94 valence electrons. The number of hydrogen-bond acceptors (Lipinski definition) is 4. The van der Waals surface area contributed by atoms with Crippen LogP contribution in [0.4, 0.5) is 0 Å². The molecule has 5 heteroatoms. The number of aliphatic carboxylic acids is 1. The molecule has 1 unspecified atom stereocenters. The third-order valence-corrected chi connectivity index (χ3v) is 3.22. The topological polar surface area (TPSA) is 64.0 Å². The van der Waals surface area contributed by atoms with Crippen molar-refractivity contribution in [2.75, 3.05) is 39.3 Å². The molecule has 1 heterocycles. The van der Waals surface area contributed by atoms with E-state index in [2.05, 4.69) is 16.7 Å². The molecule has 1 aliphatic rings. The van der Waals surface area contributed by atoms with Crippen molar-refractivity contribution in [1.82, 2.24) is 9.80 Å². The first-order chi connectivity index (χ1) is 7.63. The molecule has 1 saturated heterocycles. The molecule has 2 N–H and O–H groups in total. The number of nitrogens with zero attached hydrogens (tertiary/aromatic N) is 2. The zero-order chi connectivity index (χ0) is 12.0. The van der Waals surface area contributed by atoms with Gasteiger partial charge in [-0.2, -0.15) is 0 Å². The fourth-order valence-electron chi connectivity index (χ4n) is 2.08. The maximum Gasteiger partial charge on any atom is 0.303 e. The van der Waals surface area contributed by atoms with Gasteiger partial charge in [0.15, 0.2) is 0 Å². The number of carbonyl (C=O) groups is 1. The summed E-state index contributed by atoms with van der Waals surface area (Å²) in [6.45, 7) is 6.94. The molecular formula is C11H22N2O3. The Balaban J connectivity index is 2.21. The Hall–Kier alpha value is -0.650. The van der Waals surface area contributed by atoms with Gasteiger partial charge in [-0.25, -0.2) is 0 Å². The maximum atomic E-state index is 10.5. The number of aliphatic hydroxyl groups excluding tert-OH is 1. The molecule has 0 spiro atoms. The summed E-state index contributed by atoms with van der Waals surface area (Å²) in [6.07, 6.45) is 0.966. The van der Waals surface area contributed by atoms with Crippen molar-refractivity contribution in [2.24, 2.45) is 0 Å². The molecule has 1 fully saturated rings. The predicted molar refractivity (Wildman–Crippen MR) is 61.4 cm³/mol. The van der Waals surface area contributed by atoms with E-state index in [0.717, 1.165) is 39.1 Å². The molecule has 5 nitrogen and oxygen atoms in total. The fraction of sp³-hybridized carbons (Fsp3) is 0.909. The van der Waals surface area contributed by atoms with Gasteiger partial charge in [-0.05, 0) is 13.3 Å². The minimum atomic E-state index is -0.717. The lowest BCUT2D eigenvalue weighted by atomic mass is 10.1. The highest BCUT2D eigenvalue weighted by Crippen LogP contribution is 2.10. The predicted octanol–water partition coefficient (Wildman–Crippen LogP) is -0.150. The number of carboxylic acids is 1. The Labute approximate surface area is 96.7 Å². The smallest absolute Gasteiger partial charge is 0.303 e. The number of piperazine rings is 1. The monoisotopic (exact) mass is 230 g/mol. The first-order valence-electron chi connectivity index (χ1n) is 5.92. The SMILES string of the molecule is CC(CCC(=O)O)N1CCN(CCO)CC1.